The number of carbonyl (C=O) groups excluding carboxylic acids is 1. The van der Waals surface area contributed by atoms with Gasteiger partial charge in [-0.15, -0.1) is 10.2 Å². The lowest BCUT2D eigenvalue weighted by atomic mass is 9.88. The Morgan fingerprint density at radius 2 is 1.90 bits per heavy atom. The Bertz CT molecular complexity index is 868. The number of piperidine rings is 1. The maximum atomic E-state index is 12.5. The van der Waals surface area contributed by atoms with Crippen LogP contribution in [0.4, 0.5) is 0 Å². The lowest BCUT2D eigenvalue weighted by Gasteiger charge is -2.45. The number of nitrogens with one attached hydrogen (secondary N) is 1. The first kappa shape index (κ1) is 22.8. The normalized spacial score (nSPS) is 20.3. The first-order valence-corrected chi connectivity index (χ1v) is 11.8. The van der Waals surface area contributed by atoms with Crippen molar-refractivity contribution in [2.24, 2.45) is 11.8 Å². The second kappa shape index (κ2) is 9.52. The summed E-state index contributed by atoms with van der Waals surface area (Å²) in [5.41, 5.74) is 3.43. The Balaban J connectivity index is 1.54. The number of benzene rings is 1. The van der Waals surface area contributed by atoms with Gasteiger partial charge in [0.05, 0.1) is 5.75 Å². The van der Waals surface area contributed by atoms with Gasteiger partial charge in [-0.3, -0.25) is 14.3 Å². The smallest absolute Gasteiger partial charge is 0.230 e. The highest BCUT2D eigenvalue weighted by Crippen LogP contribution is 2.27. The molecule has 1 aliphatic rings. The summed E-state index contributed by atoms with van der Waals surface area (Å²) in [6, 6.07) is 6.26. The first-order chi connectivity index (χ1) is 14.2. The zero-order chi connectivity index (χ0) is 21.9. The predicted molar refractivity (Wildman–Crippen MR) is 123 cm³/mol. The fourth-order valence-corrected chi connectivity index (χ4v) is 4.90. The van der Waals surface area contributed by atoms with Crippen molar-refractivity contribution in [3.63, 3.8) is 0 Å². The Morgan fingerprint density at radius 1 is 1.20 bits per heavy atom. The molecule has 1 amide bonds. The van der Waals surface area contributed by atoms with Gasteiger partial charge in [-0.1, -0.05) is 31.7 Å². The van der Waals surface area contributed by atoms with E-state index in [-0.39, 0.29) is 11.4 Å². The minimum Gasteiger partial charge on any atom is -0.354 e. The molecule has 0 bridgehead atoms. The van der Waals surface area contributed by atoms with E-state index in [4.69, 9.17) is 0 Å². The van der Waals surface area contributed by atoms with E-state index in [1.165, 1.54) is 29.3 Å². The van der Waals surface area contributed by atoms with Gasteiger partial charge in [0.1, 0.15) is 6.33 Å². The van der Waals surface area contributed by atoms with Crippen LogP contribution in [0.25, 0.3) is 5.69 Å². The summed E-state index contributed by atoms with van der Waals surface area (Å²) in [7, 11) is 0. The van der Waals surface area contributed by atoms with Gasteiger partial charge in [-0.05, 0) is 69.2 Å². The molecule has 2 aromatic rings. The molecule has 7 heteroatoms. The van der Waals surface area contributed by atoms with Crippen molar-refractivity contribution in [2.75, 3.05) is 25.4 Å². The standard InChI is InChI=1S/C23H35N5OS/c1-16-9-17(2)12-27(11-16)23(5,6)14-24-21(29)13-30-22-26-25-15-28(22)20-8-7-18(3)19(4)10-20/h7-8,10,15-17H,9,11-14H2,1-6H3,(H,24,29)/t16-,17-/m1/s1. The molecule has 164 valence electrons. The number of rotatable bonds is 7. The summed E-state index contributed by atoms with van der Waals surface area (Å²) in [4.78, 5) is 15.1. The molecular formula is C23H35N5OS. The van der Waals surface area contributed by atoms with Gasteiger partial charge in [-0.25, -0.2) is 0 Å². The maximum absolute atomic E-state index is 12.5. The number of hydrogen-bond acceptors (Lipinski definition) is 5. The van der Waals surface area contributed by atoms with E-state index in [2.05, 4.69) is 80.2 Å². The third kappa shape index (κ3) is 5.64. The van der Waals surface area contributed by atoms with E-state index in [0.29, 0.717) is 24.1 Å². The van der Waals surface area contributed by atoms with Gasteiger partial charge in [0.2, 0.25) is 5.91 Å². The monoisotopic (exact) mass is 429 g/mol. The lowest BCUT2D eigenvalue weighted by molar-refractivity contribution is -0.119. The highest BCUT2D eigenvalue weighted by Gasteiger charge is 2.32. The molecule has 0 radical (unpaired) electrons. The van der Waals surface area contributed by atoms with E-state index in [1.807, 2.05) is 4.57 Å². The molecule has 1 aliphatic heterocycles. The van der Waals surface area contributed by atoms with E-state index in [0.717, 1.165) is 23.9 Å². The molecule has 1 saturated heterocycles. The predicted octanol–water partition coefficient (Wildman–Crippen LogP) is 3.85. The molecule has 6 nitrogen and oxygen atoms in total. The van der Waals surface area contributed by atoms with Crippen molar-refractivity contribution in [3.05, 3.63) is 35.7 Å². The van der Waals surface area contributed by atoms with Crippen LogP contribution in [-0.4, -0.2) is 56.5 Å². The summed E-state index contributed by atoms with van der Waals surface area (Å²) in [5, 5.41) is 12.1. The molecule has 0 spiro atoms. The zero-order valence-electron chi connectivity index (χ0n) is 19.1. The fraction of sp³-hybridized carbons (Fsp3) is 0.609. The van der Waals surface area contributed by atoms with Gasteiger partial charge < -0.3 is 5.32 Å². The summed E-state index contributed by atoms with van der Waals surface area (Å²) in [6.45, 7) is 16.1. The van der Waals surface area contributed by atoms with E-state index >= 15 is 0 Å². The van der Waals surface area contributed by atoms with Crippen LogP contribution in [0.1, 0.15) is 45.2 Å². The van der Waals surface area contributed by atoms with Crippen LogP contribution >= 0.6 is 11.8 Å². The highest BCUT2D eigenvalue weighted by atomic mass is 32.2. The molecular weight excluding hydrogens is 394 g/mol. The molecule has 0 unspecified atom stereocenters. The second-order valence-electron chi connectivity index (χ2n) is 9.48. The SMILES string of the molecule is Cc1ccc(-n2cnnc2SCC(=O)NCC(C)(C)N2C[C@H](C)C[C@@H](C)C2)cc1C. The van der Waals surface area contributed by atoms with Crippen molar-refractivity contribution in [1.82, 2.24) is 25.0 Å². The largest absolute Gasteiger partial charge is 0.354 e. The van der Waals surface area contributed by atoms with Gasteiger partial charge >= 0.3 is 0 Å². The maximum Gasteiger partial charge on any atom is 0.230 e. The number of thioether (sulfide) groups is 1. The van der Waals surface area contributed by atoms with Gasteiger partial charge in [0.15, 0.2) is 5.16 Å². The molecule has 0 saturated carbocycles. The number of amides is 1. The number of aromatic nitrogens is 3. The second-order valence-corrected chi connectivity index (χ2v) is 10.4. The molecule has 1 fully saturated rings. The number of hydrogen-bond donors (Lipinski definition) is 1. The van der Waals surface area contributed by atoms with Crippen LogP contribution in [0.2, 0.25) is 0 Å². The van der Waals surface area contributed by atoms with E-state index < -0.39 is 0 Å². The molecule has 1 aromatic carbocycles. The van der Waals surface area contributed by atoms with Crippen LogP contribution in [0.3, 0.4) is 0 Å². The average molecular weight is 430 g/mol. The number of nitrogens with zero attached hydrogens (tertiary/aromatic N) is 4. The van der Waals surface area contributed by atoms with Crippen LogP contribution in [0.15, 0.2) is 29.7 Å². The quantitative estimate of drug-likeness (QED) is 0.678. The highest BCUT2D eigenvalue weighted by molar-refractivity contribution is 7.99. The lowest BCUT2D eigenvalue weighted by Crippen LogP contribution is -2.56. The zero-order valence-corrected chi connectivity index (χ0v) is 19.9. The van der Waals surface area contributed by atoms with Crippen molar-refractivity contribution in [3.8, 4) is 5.69 Å². The number of likely N-dealkylation sites (tertiary alicyclic amines) is 1. The Labute approximate surface area is 184 Å². The molecule has 1 aromatic heterocycles. The van der Waals surface area contributed by atoms with Gasteiger partial charge in [0, 0.05) is 30.9 Å². The average Bonchev–Trinajstić information content (AvgIpc) is 3.15. The molecule has 30 heavy (non-hydrogen) atoms. The number of carbonyl (C=O) groups is 1. The molecule has 1 N–H and O–H groups in total. The molecule has 0 aliphatic carbocycles. The Morgan fingerprint density at radius 3 is 2.57 bits per heavy atom. The summed E-state index contributed by atoms with van der Waals surface area (Å²) in [5.74, 6) is 1.76. The Hall–Kier alpha value is -1.86. The van der Waals surface area contributed by atoms with Crippen LogP contribution in [0.5, 0.6) is 0 Å². The van der Waals surface area contributed by atoms with Crippen LogP contribution in [0, 0.1) is 25.7 Å². The van der Waals surface area contributed by atoms with Crippen molar-refractivity contribution < 1.29 is 4.79 Å². The van der Waals surface area contributed by atoms with E-state index in [1.54, 1.807) is 6.33 Å². The minimum absolute atomic E-state index is 0.0285. The topological polar surface area (TPSA) is 63.1 Å². The molecule has 3 rings (SSSR count). The van der Waals surface area contributed by atoms with Gasteiger partial charge in [0.25, 0.3) is 0 Å². The number of aryl methyl sites for hydroxylation is 2. The van der Waals surface area contributed by atoms with Gasteiger partial charge in [-0.2, -0.15) is 0 Å². The third-order valence-electron chi connectivity index (χ3n) is 6.06. The summed E-state index contributed by atoms with van der Waals surface area (Å²) >= 11 is 1.42. The fourth-order valence-electron chi connectivity index (χ4n) is 4.14. The minimum atomic E-state index is -0.0529. The van der Waals surface area contributed by atoms with Crippen molar-refractivity contribution in [1.29, 1.82) is 0 Å². The molecule has 2 heterocycles. The van der Waals surface area contributed by atoms with E-state index in [9.17, 15) is 4.79 Å². The van der Waals surface area contributed by atoms with Crippen LogP contribution in [-0.2, 0) is 4.79 Å². The summed E-state index contributed by atoms with van der Waals surface area (Å²) < 4.78 is 1.94. The Kier molecular flexibility index (Phi) is 7.24. The molecule has 2 atom stereocenters. The van der Waals surface area contributed by atoms with Crippen molar-refractivity contribution >= 4 is 17.7 Å². The van der Waals surface area contributed by atoms with Crippen LogP contribution < -0.4 is 5.32 Å². The third-order valence-corrected chi connectivity index (χ3v) is 7.00. The first-order valence-electron chi connectivity index (χ1n) is 10.8. The van der Waals surface area contributed by atoms with Crippen molar-refractivity contribution in [2.45, 2.75) is 58.7 Å². The summed E-state index contributed by atoms with van der Waals surface area (Å²) in [6.07, 6.45) is 2.99.